The van der Waals surface area contributed by atoms with Crippen molar-refractivity contribution in [3.05, 3.63) is 54.9 Å². The lowest BCUT2D eigenvalue weighted by molar-refractivity contribution is 0.474. The predicted octanol–water partition coefficient (Wildman–Crippen LogP) is 2.56. The Morgan fingerprint density at radius 2 is 1.92 bits per heavy atom. The number of phenolic OH excluding ortho intramolecular Hbond substituents is 1. The minimum absolute atomic E-state index is 0.134. The first-order valence-electron chi connectivity index (χ1n) is 7.86. The van der Waals surface area contributed by atoms with E-state index in [9.17, 15) is 14.7 Å². The fourth-order valence-corrected chi connectivity index (χ4v) is 3.03. The molecule has 3 rings (SSSR count). The third-order valence-electron chi connectivity index (χ3n) is 3.92. The van der Waals surface area contributed by atoms with Gasteiger partial charge in [-0.3, -0.25) is 13.9 Å². The van der Waals surface area contributed by atoms with Gasteiger partial charge in [-0.15, -0.1) is 0 Å². The van der Waals surface area contributed by atoms with Crippen molar-refractivity contribution in [3.8, 4) is 5.75 Å². The SMILES string of the molecule is CCn1c(=O)c2[nH]c(/C=C/c3cc(Br)ccc3O)nc2n(CC)c1=O. The monoisotopic (exact) mass is 404 g/mol. The van der Waals surface area contributed by atoms with E-state index in [-0.39, 0.29) is 17.0 Å². The molecule has 0 unspecified atom stereocenters. The number of aryl methyl sites for hydroxylation is 1. The van der Waals surface area contributed by atoms with Crippen molar-refractivity contribution in [1.29, 1.82) is 0 Å². The van der Waals surface area contributed by atoms with Crippen molar-refractivity contribution in [2.45, 2.75) is 26.9 Å². The van der Waals surface area contributed by atoms with Gasteiger partial charge in [-0.1, -0.05) is 15.9 Å². The van der Waals surface area contributed by atoms with E-state index < -0.39 is 0 Å². The van der Waals surface area contributed by atoms with Gasteiger partial charge in [-0.05, 0) is 44.2 Å². The second kappa shape index (κ2) is 6.72. The van der Waals surface area contributed by atoms with Gasteiger partial charge in [0, 0.05) is 23.1 Å². The molecule has 1 aromatic carbocycles. The number of rotatable bonds is 4. The minimum Gasteiger partial charge on any atom is -0.507 e. The maximum Gasteiger partial charge on any atom is 0.332 e. The number of phenols is 1. The fraction of sp³-hybridized carbons (Fsp3) is 0.235. The van der Waals surface area contributed by atoms with Gasteiger partial charge in [0.25, 0.3) is 5.56 Å². The van der Waals surface area contributed by atoms with Crippen molar-refractivity contribution in [2.24, 2.45) is 0 Å². The Labute approximate surface area is 151 Å². The highest BCUT2D eigenvalue weighted by molar-refractivity contribution is 9.10. The molecule has 0 amide bonds. The number of hydrogen-bond donors (Lipinski definition) is 2. The first-order valence-corrected chi connectivity index (χ1v) is 8.65. The second-order valence-electron chi connectivity index (χ2n) is 5.43. The molecular formula is C17H17BrN4O3. The summed E-state index contributed by atoms with van der Waals surface area (Å²) in [6.07, 6.45) is 3.34. The van der Waals surface area contributed by atoms with Crippen LogP contribution in [0.1, 0.15) is 25.2 Å². The number of aromatic amines is 1. The molecule has 0 saturated heterocycles. The van der Waals surface area contributed by atoms with E-state index in [1.165, 1.54) is 9.13 Å². The van der Waals surface area contributed by atoms with Crippen molar-refractivity contribution < 1.29 is 5.11 Å². The van der Waals surface area contributed by atoms with E-state index in [4.69, 9.17) is 0 Å². The third-order valence-corrected chi connectivity index (χ3v) is 4.42. The number of H-pyrrole nitrogens is 1. The largest absolute Gasteiger partial charge is 0.507 e. The molecule has 0 aliphatic heterocycles. The highest BCUT2D eigenvalue weighted by Crippen LogP contribution is 2.23. The molecule has 25 heavy (non-hydrogen) atoms. The molecule has 7 nitrogen and oxygen atoms in total. The molecule has 0 bridgehead atoms. The van der Waals surface area contributed by atoms with E-state index >= 15 is 0 Å². The van der Waals surface area contributed by atoms with Crippen LogP contribution in [-0.4, -0.2) is 24.2 Å². The number of fused-ring (bicyclic) bond motifs is 1. The van der Waals surface area contributed by atoms with Gasteiger partial charge in [0.2, 0.25) is 0 Å². The van der Waals surface area contributed by atoms with Crippen LogP contribution in [0.3, 0.4) is 0 Å². The highest BCUT2D eigenvalue weighted by Gasteiger charge is 2.14. The van der Waals surface area contributed by atoms with Crippen LogP contribution in [0.2, 0.25) is 0 Å². The average Bonchev–Trinajstić information content (AvgIpc) is 3.01. The van der Waals surface area contributed by atoms with Crippen LogP contribution in [0.25, 0.3) is 23.3 Å². The average molecular weight is 405 g/mol. The topological polar surface area (TPSA) is 92.9 Å². The summed E-state index contributed by atoms with van der Waals surface area (Å²) >= 11 is 3.35. The molecule has 2 N–H and O–H groups in total. The zero-order chi connectivity index (χ0) is 18.1. The summed E-state index contributed by atoms with van der Waals surface area (Å²) in [6.45, 7) is 4.29. The number of imidazole rings is 1. The Kier molecular flexibility index (Phi) is 4.63. The summed E-state index contributed by atoms with van der Waals surface area (Å²) in [6, 6.07) is 5.08. The Hall–Kier alpha value is -2.61. The first-order chi connectivity index (χ1) is 12.0. The summed E-state index contributed by atoms with van der Waals surface area (Å²) in [5, 5.41) is 9.88. The Bertz CT molecular complexity index is 1090. The lowest BCUT2D eigenvalue weighted by Crippen LogP contribution is -2.39. The van der Waals surface area contributed by atoms with Gasteiger partial charge in [-0.25, -0.2) is 9.78 Å². The van der Waals surface area contributed by atoms with Gasteiger partial charge < -0.3 is 10.1 Å². The minimum atomic E-state index is -0.385. The van der Waals surface area contributed by atoms with Crippen molar-refractivity contribution in [2.75, 3.05) is 0 Å². The van der Waals surface area contributed by atoms with Crippen LogP contribution in [0.5, 0.6) is 5.75 Å². The molecule has 0 radical (unpaired) electrons. The number of aromatic hydroxyl groups is 1. The molecule has 0 spiro atoms. The maximum absolute atomic E-state index is 12.4. The van der Waals surface area contributed by atoms with Crippen LogP contribution in [0, 0.1) is 0 Å². The van der Waals surface area contributed by atoms with Crippen LogP contribution in [0.4, 0.5) is 0 Å². The van der Waals surface area contributed by atoms with Gasteiger partial charge in [0.1, 0.15) is 17.1 Å². The van der Waals surface area contributed by atoms with E-state index in [1.807, 2.05) is 6.92 Å². The van der Waals surface area contributed by atoms with E-state index in [0.717, 1.165) is 4.47 Å². The third kappa shape index (κ3) is 3.05. The van der Waals surface area contributed by atoms with Gasteiger partial charge in [0.15, 0.2) is 5.65 Å². The first kappa shape index (κ1) is 17.2. The van der Waals surface area contributed by atoms with E-state index in [2.05, 4.69) is 25.9 Å². The fourth-order valence-electron chi connectivity index (χ4n) is 2.65. The van der Waals surface area contributed by atoms with Crippen LogP contribution >= 0.6 is 15.9 Å². The quantitative estimate of drug-likeness (QED) is 0.698. The van der Waals surface area contributed by atoms with Crippen molar-refractivity contribution >= 4 is 39.2 Å². The lowest BCUT2D eigenvalue weighted by atomic mass is 10.2. The summed E-state index contributed by atoms with van der Waals surface area (Å²) in [5.41, 5.74) is 0.481. The van der Waals surface area contributed by atoms with Crippen LogP contribution in [0.15, 0.2) is 32.3 Å². The van der Waals surface area contributed by atoms with Crippen LogP contribution in [-0.2, 0) is 13.1 Å². The molecule has 0 aliphatic carbocycles. The molecular weight excluding hydrogens is 388 g/mol. The number of benzene rings is 1. The van der Waals surface area contributed by atoms with Gasteiger partial charge >= 0.3 is 5.69 Å². The van der Waals surface area contributed by atoms with Crippen molar-refractivity contribution in [1.82, 2.24) is 19.1 Å². The molecule has 3 aromatic rings. The summed E-state index contributed by atoms with van der Waals surface area (Å²) in [7, 11) is 0. The zero-order valence-electron chi connectivity index (χ0n) is 13.8. The number of halogens is 1. The predicted molar refractivity (Wildman–Crippen MR) is 101 cm³/mol. The van der Waals surface area contributed by atoms with Gasteiger partial charge in [-0.2, -0.15) is 0 Å². The lowest BCUT2D eigenvalue weighted by Gasteiger charge is -2.06. The van der Waals surface area contributed by atoms with E-state index in [0.29, 0.717) is 35.6 Å². The molecule has 2 aromatic heterocycles. The number of nitrogens with one attached hydrogen (secondary N) is 1. The molecule has 0 aliphatic rings. The molecule has 2 heterocycles. The summed E-state index contributed by atoms with van der Waals surface area (Å²) in [5.74, 6) is 0.566. The van der Waals surface area contributed by atoms with E-state index in [1.54, 1.807) is 37.3 Å². The molecule has 0 atom stereocenters. The Balaban J connectivity index is 2.15. The second-order valence-corrected chi connectivity index (χ2v) is 6.35. The molecule has 130 valence electrons. The molecule has 8 heteroatoms. The number of aromatic nitrogens is 4. The molecule has 0 fully saturated rings. The van der Waals surface area contributed by atoms with Gasteiger partial charge in [0.05, 0.1) is 0 Å². The smallest absolute Gasteiger partial charge is 0.332 e. The Morgan fingerprint density at radius 3 is 2.60 bits per heavy atom. The van der Waals surface area contributed by atoms with Crippen molar-refractivity contribution in [3.63, 3.8) is 0 Å². The highest BCUT2D eigenvalue weighted by atomic mass is 79.9. The van der Waals surface area contributed by atoms with Crippen LogP contribution < -0.4 is 11.2 Å². The molecule has 0 saturated carbocycles. The number of nitrogens with zero attached hydrogens (tertiary/aromatic N) is 3. The summed E-state index contributed by atoms with van der Waals surface area (Å²) in [4.78, 5) is 32.1. The standard InChI is InChI=1S/C17H17BrN4O3/c1-3-21-15-14(16(24)22(4-2)17(21)25)19-13(20-15)8-5-10-9-11(18)6-7-12(10)23/h5-9,23H,3-4H2,1-2H3,(H,19,20)/b8-5+. The maximum atomic E-state index is 12.4. The summed E-state index contributed by atoms with van der Waals surface area (Å²) < 4.78 is 3.47. The Morgan fingerprint density at radius 1 is 1.20 bits per heavy atom. The number of hydrogen-bond acceptors (Lipinski definition) is 4. The normalized spacial score (nSPS) is 11.6. The zero-order valence-corrected chi connectivity index (χ0v) is 15.4.